The largest absolute Gasteiger partial charge is 0.350 e. The molecule has 3 aromatic rings. The minimum Gasteiger partial charge on any atom is -0.350 e. The lowest BCUT2D eigenvalue weighted by atomic mass is 10.0. The van der Waals surface area contributed by atoms with Crippen LogP contribution in [0.15, 0.2) is 72.4 Å². The fraction of sp³-hybridized carbons (Fsp3) is 0.115. The van der Waals surface area contributed by atoms with E-state index in [0.29, 0.717) is 16.9 Å². The van der Waals surface area contributed by atoms with E-state index in [1.54, 1.807) is 30.3 Å². The Labute approximate surface area is 190 Å². The number of rotatable bonds is 5. The summed E-state index contributed by atoms with van der Waals surface area (Å²) >= 11 is 0. The summed E-state index contributed by atoms with van der Waals surface area (Å²) in [6.45, 7) is 5.21. The van der Waals surface area contributed by atoms with Crippen LogP contribution < -0.4 is 15.5 Å². The van der Waals surface area contributed by atoms with Crippen molar-refractivity contribution in [2.75, 3.05) is 15.5 Å². The van der Waals surface area contributed by atoms with Crippen LogP contribution in [0.1, 0.15) is 23.6 Å². The van der Waals surface area contributed by atoms with Crippen molar-refractivity contribution >= 4 is 40.4 Å². The van der Waals surface area contributed by atoms with Crippen LogP contribution in [0.4, 0.5) is 21.5 Å². The number of para-hydroxylation sites is 1. The molecule has 7 heteroatoms. The van der Waals surface area contributed by atoms with Gasteiger partial charge in [0.1, 0.15) is 11.5 Å². The van der Waals surface area contributed by atoms with Crippen molar-refractivity contribution in [3.8, 4) is 0 Å². The SMILES string of the molecule is CC(=O)Nc1ccc(C2=C(Nc3cc(C)ccc3C)C(=O)N(c3ccccc3F)C2=O)cc1. The number of aryl methyl sites for hydroxylation is 2. The molecule has 0 atom stereocenters. The molecule has 0 aliphatic carbocycles. The summed E-state index contributed by atoms with van der Waals surface area (Å²) in [6, 6.07) is 18.0. The van der Waals surface area contributed by atoms with Crippen LogP contribution in [-0.2, 0) is 14.4 Å². The van der Waals surface area contributed by atoms with Crippen molar-refractivity contribution in [3.63, 3.8) is 0 Å². The number of nitrogens with zero attached hydrogens (tertiary/aromatic N) is 1. The van der Waals surface area contributed by atoms with Gasteiger partial charge in [0.05, 0.1) is 11.3 Å². The van der Waals surface area contributed by atoms with Gasteiger partial charge in [0.2, 0.25) is 5.91 Å². The van der Waals surface area contributed by atoms with E-state index in [0.717, 1.165) is 16.0 Å². The van der Waals surface area contributed by atoms with E-state index in [1.807, 2.05) is 32.0 Å². The Hall–Kier alpha value is -4.26. The highest BCUT2D eigenvalue weighted by atomic mass is 19.1. The van der Waals surface area contributed by atoms with Gasteiger partial charge in [-0.1, -0.05) is 36.4 Å². The van der Waals surface area contributed by atoms with Gasteiger partial charge < -0.3 is 10.6 Å². The molecular formula is C26H22FN3O3. The maximum atomic E-state index is 14.5. The van der Waals surface area contributed by atoms with Crippen LogP contribution in [0.5, 0.6) is 0 Å². The van der Waals surface area contributed by atoms with E-state index in [9.17, 15) is 18.8 Å². The highest BCUT2D eigenvalue weighted by molar-refractivity contribution is 6.46. The van der Waals surface area contributed by atoms with Gasteiger partial charge in [-0.3, -0.25) is 14.4 Å². The molecule has 6 nitrogen and oxygen atoms in total. The van der Waals surface area contributed by atoms with Crippen molar-refractivity contribution in [3.05, 3.63) is 94.9 Å². The van der Waals surface area contributed by atoms with Gasteiger partial charge in [-0.2, -0.15) is 0 Å². The monoisotopic (exact) mass is 443 g/mol. The average molecular weight is 443 g/mol. The lowest BCUT2D eigenvalue weighted by Gasteiger charge is -2.16. The number of anilines is 3. The van der Waals surface area contributed by atoms with Crippen LogP contribution in [-0.4, -0.2) is 17.7 Å². The summed E-state index contributed by atoms with van der Waals surface area (Å²) in [6.07, 6.45) is 0. The lowest BCUT2D eigenvalue weighted by Crippen LogP contribution is -2.33. The Morgan fingerprint density at radius 3 is 2.27 bits per heavy atom. The summed E-state index contributed by atoms with van der Waals surface area (Å²) in [5.74, 6) is -2.18. The summed E-state index contributed by atoms with van der Waals surface area (Å²) in [7, 11) is 0. The van der Waals surface area contributed by atoms with Crippen LogP contribution >= 0.6 is 0 Å². The van der Waals surface area contributed by atoms with Crippen LogP contribution in [0.3, 0.4) is 0 Å². The third-order valence-electron chi connectivity index (χ3n) is 5.32. The van der Waals surface area contributed by atoms with E-state index in [1.165, 1.54) is 25.1 Å². The number of hydrogen-bond acceptors (Lipinski definition) is 4. The molecule has 0 spiro atoms. The predicted molar refractivity (Wildman–Crippen MR) is 126 cm³/mol. The number of halogens is 1. The molecule has 0 radical (unpaired) electrons. The third-order valence-corrected chi connectivity index (χ3v) is 5.32. The van der Waals surface area contributed by atoms with Crippen molar-refractivity contribution < 1.29 is 18.8 Å². The second kappa shape index (κ2) is 8.70. The van der Waals surface area contributed by atoms with Crippen molar-refractivity contribution in [1.29, 1.82) is 0 Å². The molecule has 3 aromatic carbocycles. The quantitative estimate of drug-likeness (QED) is 0.556. The van der Waals surface area contributed by atoms with Gasteiger partial charge in [-0.05, 0) is 60.9 Å². The molecule has 0 aromatic heterocycles. The molecule has 0 saturated heterocycles. The number of carbonyl (C=O) groups is 3. The molecule has 1 heterocycles. The van der Waals surface area contributed by atoms with Crippen LogP contribution in [0.2, 0.25) is 0 Å². The smallest absolute Gasteiger partial charge is 0.282 e. The second-order valence-corrected chi connectivity index (χ2v) is 7.85. The van der Waals surface area contributed by atoms with Gasteiger partial charge in [0.15, 0.2) is 0 Å². The minimum absolute atomic E-state index is 0.0595. The first-order valence-corrected chi connectivity index (χ1v) is 10.4. The Kier molecular flexibility index (Phi) is 5.79. The molecule has 3 amide bonds. The van der Waals surface area contributed by atoms with Gasteiger partial charge in [-0.15, -0.1) is 0 Å². The molecule has 0 bridgehead atoms. The average Bonchev–Trinajstić information content (AvgIpc) is 3.01. The Morgan fingerprint density at radius 2 is 1.61 bits per heavy atom. The fourth-order valence-corrected chi connectivity index (χ4v) is 3.69. The number of benzene rings is 3. The first-order chi connectivity index (χ1) is 15.8. The van der Waals surface area contributed by atoms with E-state index in [-0.39, 0.29) is 22.9 Å². The van der Waals surface area contributed by atoms with E-state index in [2.05, 4.69) is 10.6 Å². The van der Waals surface area contributed by atoms with E-state index in [4.69, 9.17) is 0 Å². The highest BCUT2D eigenvalue weighted by Gasteiger charge is 2.41. The number of imide groups is 1. The van der Waals surface area contributed by atoms with E-state index < -0.39 is 17.6 Å². The van der Waals surface area contributed by atoms with E-state index >= 15 is 0 Å². The van der Waals surface area contributed by atoms with Gasteiger partial charge in [0, 0.05) is 18.3 Å². The molecule has 1 aliphatic rings. The predicted octanol–water partition coefficient (Wildman–Crippen LogP) is 4.80. The zero-order valence-corrected chi connectivity index (χ0v) is 18.4. The lowest BCUT2D eigenvalue weighted by molar-refractivity contribution is -0.120. The zero-order valence-electron chi connectivity index (χ0n) is 18.4. The number of nitrogens with one attached hydrogen (secondary N) is 2. The fourth-order valence-electron chi connectivity index (χ4n) is 3.69. The van der Waals surface area contributed by atoms with Gasteiger partial charge >= 0.3 is 0 Å². The van der Waals surface area contributed by atoms with Crippen molar-refractivity contribution in [1.82, 2.24) is 0 Å². The number of amides is 3. The molecule has 2 N–H and O–H groups in total. The Morgan fingerprint density at radius 1 is 0.909 bits per heavy atom. The second-order valence-electron chi connectivity index (χ2n) is 7.85. The molecular weight excluding hydrogens is 421 g/mol. The third kappa shape index (κ3) is 4.25. The van der Waals surface area contributed by atoms with Crippen LogP contribution in [0.25, 0.3) is 5.57 Å². The summed E-state index contributed by atoms with van der Waals surface area (Å²) in [4.78, 5) is 39.1. The zero-order chi connectivity index (χ0) is 23.7. The molecule has 4 rings (SSSR count). The van der Waals surface area contributed by atoms with Gasteiger partial charge in [-0.25, -0.2) is 9.29 Å². The molecule has 0 saturated carbocycles. The normalized spacial score (nSPS) is 13.5. The number of hydrogen-bond donors (Lipinski definition) is 2. The van der Waals surface area contributed by atoms with Gasteiger partial charge in [0.25, 0.3) is 11.8 Å². The molecule has 33 heavy (non-hydrogen) atoms. The summed E-state index contributed by atoms with van der Waals surface area (Å²) < 4.78 is 14.5. The molecule has 166 valence electrons. The molecule has 1 aliphatic heterocycles. The Balaban J connectivity index is 1.83. The first kappa shape index (κ1) is 22.0. The Bertz CT molecular complexity index is 1310. The molecule has 0 fully saturated rings. The standard InChI is InChI=1S/C26H22FN3O3/c1-15-8-9-16(2)21(14-15)29-24-23(18-10-12-19(13-11-18)28-17(3)31)25(32)30(26(24)33)22-7-5-4-6-20(22)27/h4-14,29H,1-3H3,(H,28,31). The topological polar surface area (TPSA) is 78.5 Å². The highest BCUT2D eigenvalue weighted by Crippen LogP contribution is 2.35. The summed E-state index contributed by atoms with van der Waals surface area (Å²) in [5.41, 5.74) is 3.63. The molecule has 0 unspecified atom stereocenters. The minimum atomic E-state index is -0.674. The maximum absolute atomic E-state index is 14.5. The van der Waals surface area contributed by atoms with Crippen molar-refractivity contribution in [2.45, 2.75) is 20.8 Å². The van der Waals surface area contributed by atoms with Crippen molar-refractivity contribution in [2.24, 2.45) is 0 Å². The number of carbonyl (C=O) groups excluding carboxylic acids is 3. The summed E-state index contributed by atoms with van der Waals surface area (Å²) in [5, 5.41) is 5.79. The maximum Gasteiger partial charge on any atom is 0.282 e. The van der Waals surface area contributed by atoms with Crippen LogP contribution in [0, 0.1) is 19.7 Å². The first-order valence-electron chi connectivity index (χ1n) is 10.4.